The SMILES string of the molecule is Clc1cc(CNCCn2cccn2)cc2c1OCCCO2. The van der Waals surface area contributed by atoms with Gasteiger partial charge in [0.25, 0.3) is 0 Å². The maximum Gasteiger partial charge on any atom is 0.179 e. The summed E-state index contributed by atoms with van der Waals surface area (Å²) in [6, 6.07) is 5.84. The number of ether oxygens (including phenoxy) is 2. The second-order valence-corrected chi connectivity index (χ2v) is 5.31. The van der Waals surface area contributed by atoms with Crippen LogP contribution < -0.4 is 14.8 Å². The van der Waals surface area contributed by atoms with Crippen LogP contribution in [-0.2, 0) is 13.1 Å². The second-order valence-electron chi connectivity index (χ2n) is 4.90. The van der Waals surface area contributed by atoms with E-state index >= 15 is 0 Å². The average Bonchev–Trinajstić information content (AvgIpc) is 2.87. The van der Waals surface area contributed by atoms with Crippen LogP contribution in [0.4, 0.5) is 0 Å². The first-order valence-electron chi connectivity index (χ1n) is 7.09. The van der Waals surface area contributed by atoms with Gasteiger partial charge < -0.3 is 14.8 Å². The van der Waals surface area contributed by atoms with E-state index in [2.05, 4.69) is 10.4 Å². The molecule has 0 atom stereocenters. The van der Waals surface area contributed by atoms with E-state index in [0.29, 0.717) is 24.0 Å². The molecule has 0 saturated carbocycles. The van der Waals surface area contributed by atoms with E-state index < -0.39 is 0 Å². The van der Waals surface area contributed by atoms with Gasteiger partial charge in [-0.05, 0) is 23.8 Å². The molecule has 1 aliphatic rings. The largest absolute Gasteiger partial charge is 0.489 e. The van der Waals surface area contributed by atoms with E-state index in [1.165, 1.54) is 0 Å². The maximum atomic E-state index is 6.27. The van der Waals surface area contributed by atoms with Crippen LogP contribution in [0.2, 0.25) is 5.02 Å². The highest BCUT2D eigenvalue weighted by Crippen LogP contribution is 2.37. The Balaban J connectivity index is 1.58. The second kappa shape index (κ2) is 6.83. The fourth-order valence-electron chi connectivity index (χ4n) is 2.25. The molecule has 1 aromatic heterocycles. The van der Waals surface area contributed by atoms with Crippen molar-refractivity contribution < 1.29 is 9.47 Å². The number of hydrogen-bond donors (Lipinski definition) is 1. The molecule has 0 amide bonds. The van der Waals surface area contributed by atoms with Crippen LogP contribution in [0.3, 0.4) is 0 Å². The average molecular weight is 308 g/mol. The molecule has 1 aliphatic heterocycles. The summed E-state index contributed by atoms with van der Waals surface area (Å²) in [6.07, 6.45) is 4.61. The Kier molecular flexibility index (Phi) is 4.62. The van der Waals surface area contributed by atoms with Crippen molar-refractivity contribution in [3.8, 4) is 11.5 Å². The molecule has 0 aliphatic carbocycles. The lowest BCUT2D eigenvalue weighted by Crippen LogP contribution is -2.19. The molecule has 0 bridgehead atoms. The summed E-state index contributed by atoms with van der Waals surface area (Å²) < 4.78 is 13.2. The summed E-state index contributed by atoms with van der Waals surface area (Å²) in [7, 11) is 0. The summed E-state index contributed by atoms with van der Waals surface area (Å²) in [5.74, 6) is 1.40. The summed E-state index contributed by atoms with van der Waals surface area (Å²) >= 11 is 6.27. The quantitative estimate of drug-likeness (QED) is 0.862. The van der Waals surface area contributed by atoms with Crippen LogP contribution in [0.25, 0.3) is 0 Å². The Labute approximate surface area is 128 Å². The fraction of sp³-hybridized carbons (Fsp3) is 0.400. The molecule has 2 heterocycles. The van der Waals surface area contributed by atoms with Gasteiger partial charge in [-0.2, -0.15) is 5.10 Å². The molecular formula is C15H18ClN3O2. The van der Waals surface area contributed by atoms with Crippen molar-refractivity contribution in [1.82, 2.24) is 15.1 Å². The fourth-order valence-corrected chi connectivity index (χ4v) is 2.53. The number of halogens is 1. The molecule has 0 saturated heterocycles. The maximum absolute atomic E-state index is 6.27. The highest BCUT2D eigenvalue weighted by atomic mass is 35.5. The molecule has 0 radical (unpaired) electrons. The normalized spacial score (nSPS) is 14.0. The van der Waals surface area contributed by atoms with Gasteiger partial charge in [-0.15, -0.1) is 0 Å². The summed E-state index contributed by atoms with van der Waals surface area (Å²) in [5, 5.41) is 8.15. The molecule has 0 spiro atoms. The Bertz CT molecular complexity index is 587. The molecule has 0 fully saturated rings. The highest BCUT2D eigenvalue weighted by molar-refractivity contribution is 6.32. The molecule has 5 nitrogen and oxygen atoms in total. The van der Waals surface area contributed by atoms with E-state index in [1.54, 1.807) is 6.20 Å². The summed E-state index contributed by atoms with van der Waals surface area (Å²) in [6.45, 7) is 3.73. The van der Waals surface area contributed by atoms with Gasteiger partial charge in [0.1, 0.15) is 0 Å². The number of fused-ring (bicyclic) bond motifs is 1. The van der Waals surface area contributed by atoms with Crippen molar-refractivity contribution >= 4 is 11.6 Å². The standard InChI is InChI=1S/C15H18ClN3O2/c16-13-9-12(10-14-15(13)21-8-2-7-20-14)11-17-4-6-19-5-1-3-18-19/h1,3,5,9-10,17H,2,4,6-8,11H2. The van der Waals surface area contributed by atoms with Crippen molar-refractivity contribution in [3.63, 3.8) is 0 Å². The van der Waals surface area contributed by atoms with Crippen LogP contribution in [0.5, 0.6) is 11.5 Å². The third kappa shape index (κ3) is 3.68. The van der Waals surface area contributed by atoms with Crippen LogP contribution in [0.15, 0.2) is 30.6 Å². The first kappa shape index (κ1) is 14.2. The highest BCUT2D eigenvalue weighted by Gasteiger charge is 2.15. The molecule has 1 N–H and O–H groups in total. The van der Waals surface area contributed by atoms with E-state index in [4.69, 9.17) is 21.1 Å². The number of nitrogens with zero attached hydrogens (tertiary/aromatic N) is 2. The van der Waals surface area contributed by atoms with Crippen molar-refractivity contribution in [2.75, 3.05) is 19.8 Å². The molecule has 3 rings (SSSR count). The van der Waals surface area contributed by atoms with E-state index in [9.17, 15) is 0 Å². The topological polar surface area (TPSA) is 48.3 Å². The first-order valence-corrected chi connectivity index (χ1v) is 7.47. The van der Waals surface area contributed by atoms with E-state index in [0.717, 1.165) is 37.4 Å². The monoisotopic (exact) mass is 307 g/mol. The molecule has 6 heteroatoms. The van der Waals surface area contributed by atoms with Gasteiger partial charge in [0.2, 0.25) is 0 Å². The van der Waals surface area contributed by atoms with Crippen molar-refractivity contribution in [1.29, 1.82) is 0 Å². The number of hydrogen-bond acceptors (Lipinski definition) is 4. The van der Waals surface area contributed by atoms with Crippen molar-refractivity contribution in [3.05, 3.63) is 41.2 Å². The molecular weight excluding hydrogens is 290 g/mol. The van der Waals surface area contributed by atoms with Gasteiger partial charge in [-0.3, -0.25) is 4.68 Å². The van der Waals surface area contributed by atoms with Crippen LogP contribution in [-0.4, -0.2) is 29.5 Å². The Morgan fingerprint density at radius 1 is 1.29 bits per heavy atom. The van der Waals surface area contributed by atoms with E-state index in [1.807, 2.05) is 29.1 Å². The third-order valence-corrected chi connectivity index (χ3v) is 3.55. The minimum absolute atomic E-state index is 0.610. The minimum Gasteiger partial charge on any atom is -0.489 e. The van der Waals surface area contributed by atoms with Crippen molar-refractivity contribution in [2.24, 2.45) is 0 Å². The van der Waals surface area contributed by atoms with Crippen LogP contribution in [0.1, 0.15) is 12.0 Å². The molecule has 1 aromatic carbocycles. The number of nitrogens with one attached hydrogen (secondary N) is 1. The molecule has 0 unspecified atom stereocenters. The minimum atomic E-state index is 0.610. The lowest BCUT2D eigenvalue weighted by atomic mass is 10.2. The van der Waals surface area contributed by atoms with Crippen molar-refractivity contribution in [2.45, 2.75) is 19.5 Å². The smallest absolute Gasteiger partial charge is 0.179 e. The number of benzene rings is 1. The molecule has 112 valence electrons. The van der Waals surface area contributed by atoms with Gasteiger partial charge in [0.15, 0.2) is 11.5 Å². The zero-order valence-electron chi connectivity index (χ0n) is 11.7. The van der Waals surface area contributed by atoms with Gasteiger partial charge in [0.05, 0.1) is 24.8 Å². The summed E-state index contributed by atoms with van der Waals surface area (Å²) in [5.41, 5.74) is 1.09. The Morgan fingerprint density at radius 2 is 2.19 bits per heavy atom. The summed E-state index contributed by atoms with van der Waals surface area (Å²) in [4.78, 5) is 0. The van der Waals surface area contributed by atoms with Gasteiger partial charge in [-0.1, -0.05) is 11.6 Å². The van der Waals surface area contributed by atoms with Crippen LogP contribution >= 0.6 is 11.6 Å². The lowest BCUT2D eigenvalue weighted by Gasteiger charge is -2.12. The van der Waals surface area contributed by atoms with Crippen LogP contribution in [0, 0.1) is 0 Å². The van der Waals surface area contributed by atoms with Gasteiger partial charge in [0, 0.05) is 31.9 Å². The Hall–Kier alpha value is -1.72. The zero-order valence-corrected chi connectivity index (χ0v) is 12.5. The molecule has 2 aromatic rings. The lowest BCUT2D eigenvalue weighted by molar-refractivity contribution is 0.297. The number of rotatable bonds is 5. The Morgan fingerprint density at radius 3 is 3.05 bits per heavy atom. The van der Waals surface area contributed by atoms with Gasteiger partial charge in [-0.25, -0.2) is 0 Å². The van der Waals surface area contributed by atoms with E-state index in [-0.39, 0.29) is 0 Å². The zero-order chi connectivity index (χ0) is 14.5. The molecule has 21 heavy (non-hydrogen) atoms. The third-order valence-electron chi connectivity index (χ3n) is 3.27. The van der Waals surface area contributed by atoms with Gasteiger partial charge >= 0.3 is 0 Å². The predicted octanol–water partition coefficient (Wildman–Crippen LogP) is 2.49. The predicted molar refractivity (Wildman–Crippen MR) is 81.0 cm³/mol. The number of aromatic nitrogens is 2. The first-order chi connectivity index (χ1) is 10.3.